The zero-order valence-corrected chi connectivity index (χ0v) is 8.86. The Kier molecular flexibility index (Phi) is 3.37. The van der Waals surface area contributed by atoms with Gasteiger partial charge in [-0.25, -0.2) is 8.78 Å². The van der Waals surface area contributed by atoms with Crippen LogP contribution in [0.2, 0.25) is 0 Å². The van der Waals surface area contributed by atoms with E-state index >= 15 is 0 Å². The molecule has 1 aliphatic rings. The molecule has 0 bridgehead atoms. The van der Waals surface area contributed by atoms with Crippen molar-refractivity contribution < 1.29 is 23.0 Å². The van der Waals surface area contributed by atoms with E-state index in [1.165, 1.54) is 18.4 Å². The van der Waals surface area contributed by atoms with Gasteiger partial charge in [-0.15, -0.1) is 0 Å². The topological polar surface area (TPSA) is 35.5 Å². The molecule has 0 aliphatic carbocycles. The minimum atomic E-state index is -0.630. The minimum Gasteiger partial charge on any atom is -0.462 e. The van der Waals surface area contributed by atoms with Gasteiger partial charge in [0.2, 0.25) is 6.29 Å². The number of halogens is 2. The fourth-order valence-corrected chi connectivity index (χ4v) is 1.67. The third-order valence-corrected chi connectivity index (χ3v) is 2.50. The third kappa shape index (κ3) is 2.61. The van der Waals surface area contributed by atoms with Gasteiger partial charge in [-0.05, 0) is 24.1 Å². The summed E-state index contributed by atoms with van der Waals surface area (Å²) in [6, 6.07) is 3.37. The van der Waals surface area contributed by atoms with Crippen molar-refractivity contribution in [3.63, 3.8) is 0 Å². The summed E-state index contributed by atoms with van der Waals surface area (Å²) in [5.74, 6) is -1.25. The van der Waals surface area contributed by atoms with Crippen LogP contribution in [0, 0.1) is 11.6 Å². The molecule has 1 atom stereocenters. The number of allylic oxidation sites excluding steroid dienone is 1. The third-order valence-electron chi connectivity index (χ3n) is 2.50. The van der Waals surface area contributed by atoms with E-state index in [2.05, 4.69) is 4.74 Å². The number of hydrogen-bond acceptors (Lipinski definition) is 3. The van der Waals surface area contributed by atoms with E-state index in [1.54, 1.807) is 0 Å². The molecule has 1 unspecified atom stereocenters. The van der Waals surface area contributed by atoms with E-state index in [1.807, 2.05) is 0 Å². The Morgan fingerprint density at radius 3 is 2.82 bits per heavy atom. The zero-order chi connectivity index (χ0) is 12.3. The summed E-state index contributed by atoms with van der Waals surface area (Å²) in [7, 11) is 0. The van der Waals surface area contributed by atoms with Gasteiger partial charge in [0.15, 0.2) is 0 Å². The smallest absolute Gasteiger partial charge is 0.296 e. The zero-order valence-electron chi connectivity index (χ0n) is 8.86. The lowest BCUT2D eigenvalue weighted by molar-refractivity contribution is -0.154. The van der Waals surface area contributed by atoms with E-state index in [0.29, 0.717) is 30.5 Å². The molecule has 0 N–H and O–H groups in total. The van der Waals surface area contributed by atoms with Gasteiger partial charge in [-0.3, -0.25) is 4.79 Å². The molecule has 2 rings (SSSR count). The van der Waals surface area contributed by atoms with Crippen molar-refractivity contribution in [2.75, 3.05) is 0 Å². The van der Waals surface area contributed by atoms with Gasteiger partial charge in [0.25, 0.3) is 6.47 Å². The van der Waals surface area contributed by atoms with Crippen LogP contribution in [-0.4, -0.2) is 12.8 Å². The molecule has 0 amide bonds. The second kappa shape index (κ2) is 4.95. The number of carbonyl (C=O) groups excluding carboxylic acids is 1. The number of hydrogen-bond donors (Lipinski definition) is 0. The maximum atomic E-state index is 13.5. The van der Waals surface area contributed by atoms with Crippen LogP contribution >= 0.6 is 0 Å². The lowest BCUT2D eigenvalue weighted by Gasteiger charge is -2.21. The number of rotatable bonds is 3. The molecule has 0 spiro atoms. The molecule has 17 heavy (non-hydrogen) atoms. The molecule has 0 fully saturated rings. The number of carbonyl (C=O) groups is 1. The van der Waals surface area contributed by atoms with Gasteiger partial charge in [-0.1, -0.05) is 0 Å². The summed E-state index contributed by atoms with van der Waals surface area (Å²) in [5, 5.41) is 0. The highest BCUT2D eigenvalue weighted by Gasteiger charge is 2.19. The highest BCUT2D eigenvalue weighted by molar-refractivity contribution is 5.65. The molecular weight excluding hydrogens is 230 g/mol. The average Bonchev–Trinajstić information content (AvgIpc) is 2.31. The highest BCUT2D eigenvalue weighted by atomic mass is 19.1. The molecule has 0 radical (unpaired) electrons. The van der Waals surface area contributed by atoms with Gasteiger partial charge >= 0.3 is 0 Å². The molecule has 3 nitrogen and oxygen atoms in total. The monoisotopic (exact) mass is 240 g/mol. The minimum absolute atomic E-state index is 0.302. The number of benzene rings is 1. The van der Waals surface area contributed by atoms with Crippen molar-refractivity contribution in [3.8, 4) is 0 Å². The maximum Gasteiger partial charge on any atom is 0.296 e. The molecule has 0 saturated heterocycles. The van der Waals surface area contributed by atoms with Crippen LogP contribution in [0.5, 0.6) is 0 Å². The van der Waals surface area contributed by atoms with Gasteiger partial charge in [0.05, 0.1) is 6.26 Å². The fraction of sp³-hybridized carbons (Fsp3) is 0.250. The van der Waals surface area contributed by atoms with Crippen molar-refractivity contribution in [1.82, 2.24) is 0 Å². The molecule has 1 aromatic carbocycles. The van der Waals surface area contributed by atoms with Crippen LogP contribution in [0.4, 0.5) is 8.78 Å². The average molecular weight is 240 g/mol. The predicted octanol–water partition coefficient (Wildman–Crippen LogP) is 2.62. The first kappa shape index (κ1) is 11.6. The van der Waals surface area contributed by atoms with E-state index in [0.717, 1.165) is 6.07 Å². The van der Waals surface area contributed by atoms with Gasteiger partial charge in [0, 0.05) is 18.1 Å². The first-order valence-electron chi connectivity index (χ1n) is 5.09. The van der Waals surface area contributed by atoms with Crippen LogP contribution in [0.3, 0.4) is 0 Å². The SMILES string of the molecule is O=COC1CCC(c2ccc(F)cc2F)=CO1. The predicted molar refractivity (Wildman–Crippen MR) is 55.6 cm³/mol. The second-order valence-corrected chi connectivity index (χ2v) is 3.60. The summed E-state index contributed by atoms with van der Waals surface area (Å²) >= 11 is 0. The van der Waals surface area contributed by atoms with Crippen LogP contribution < -0.4 is 0 Å². The summed E-state index contributed by atoms with van der Waals surface area (Å²) in [4.78, 5) is 10.1. The van der Waals surface area contributed by atoms with E-state index < -0.39 is 17.9 Å². The summed E-state index contributed by atoms with van der Waals surface area (Å²) in [5.41, 5.74) is 0.921. The lowest BCUT2D eigenvalue weighted by Crippen LogP contribution is -2.17. The quantitative estimate of drug-likeness (QED) is 0.762. The first-order chi connectivity index (χ1) is 8.20. The molecule has 1 aromatic rings. The van der Waals surface area contributed by atoms with Crippen LogP contribution in [0.1, 0.15) is 18.4 Å². The Bertz CT molecular complexity index is 457. The van der Waals surface area contributed by atoms with Crippen molar-refractivity contribution >= 4 is 12.0 Å². The molecule has 1 heterocycles. The molecule has 90 valence electrons. The molecule has 0 aromatic heterocycles. The lowest BCUT2D eigenvalue weighted by atomic mass is 10.0. The van der Waals surface area contributed by atoms with Crippen molar-refractivity contribution in [3.05, 3.63) is 41.7 Å². The summed E-state index contributed by atoms with van der Waals surface area (Å²) < 4.78 is 35.9. The Labute approximate surface area is 96.6 Å². The summed E-state index contributed by atoms with van der Waals surface area (Å²) in [6.45, 7) is 0.308. The van der Waals surface area contributed by atoms with E-state index in [9.17, 15) is 13.6 Å². The normalized spacial score (nSPS) is 19.2. The van der Waals surface area contributed by atoms with Crippen LogP contribution in [0.15, 0.2) is 24.5 Å². The van der Waals surface area contributed by atoms with E-state index in [4.69, 9.17) is 4.74 Å². The second-order valence-electron chi connectivity index (χ2n) is 3.60. The number of ether oxygens (including phenoxy) is 2. The maximum absolute atomic E-state index is 13.5. The van der Waals surface area contributed by atoms with Crippen LogP contribution in [0.25, 0.3) is 5.57 Å². The standard InChI is InChI=1S/C12H10F2O3/c13-9-2-3-10(11(14)5-9)8-1-4-12(16-6-8)17-7-15/h2-3,5-7,12H,1,4H2. The molecule has 1 aliphatic heterocycles. The Hall–Kier alpha value is -1.91. The highest BCUT2D eigenvalue weighted by Crippen LogP contribution is 2.28. The summed E-state index contributed by atoms with van der Waals surface area (Å²) in [6.07, 6.45) is 1.66. The Morgan fingerprint density at radius 2 is 2.24 bits per heavy atom. The van der Waals surface area contributed by atoms with E-state index in [-0.39, 0.29) is 0 Å². The molecule has 5 heteroatoms. The fourth-order valence-electron chi connectivity index (χ4n) is 1.67. The Morgan fingerprint density at radius 1 is 1.41 bits per heavy atom. The molecule has 0 saturated carbocycles. The molecular formula is C12H10F2O3. The van der Waals surface area contributed by atoms with Gasteiger partial charge < -0.3 is 9.47 Å². The first-order valence-corrected chi connectivity index (χ1v) is 5.09. The van der Waals surface area contributed by atoms with Crippen molar-refractivity contribution in [2.24, 2.45) is 0 Å². The largest absolute Gasteiger partial charge is 0.462 e. The van der Waals surface area contributed by atoms with Gasteiger partial charge in [-0.2, -0.15) is 0 Å². The Balaban J connectivity index is 2.16. The van der Waals surface area contributed by atoms with Crippen LogP contribution in [-0.2, 0) is 14.3 Å². The van der Waals surface area contributed by atoms with Gasteiger partial charge in [0.1, 0.15) is 11.6 Å². The van der Waals surface area contributed by atoms with Crippen molar-refractivity contribution in [1.29, 1.82) is 0 Å². The van der Waals surface area contributed by atoms with Crippen molar-refractivity contribution in [2.45, 2.75) is 19.1 Å².